The Morgan fingerprint density at radius 2 is 1.85 bits per heavy atom. The van der Waals surface area contributed by atoms with Crippen LogP contribution in [-0.4, -0.2) is 15.5 Å². The number of benzene rings is 1. The fourth-order valence-electron chi connectivity index (χ4n) is 1.65. The minimum Gasteiger partial charge on any atom is -0.393 e. The molecule has 0 aliphatic carbocycles. The summed E-state index contributed by atoms with van der Waals surface area (Å²) in [5.74, 6) is 1.22. The summed E-state index contributed by atoms with van der Waals surface area (Å²) >= 11 is 3.43. The quantitative estimate of drug-likeness (QED) is 0.795. The van der Waals surface area contributed by atoms with Gasteiger partial charge in [-0.2, -0.15) is 0 Å². The van der Waals surface area contributed by atoms with E-state index >= 15 is 0 Å². The third-order valence-corrected chi connectivity index (χ3v) is 2.96. The number of nitrogens with two attached hydrogens (primary N) is 1. The van der Waals surface area contributed by atoms with Crippen LogP contribution in [0.25, 0.3) is 0 Å². The molecule has 2 rings (SSSR count). The summed E-state index contributed by atoms with van der Waals surface area (Å²) in [5.41, 5.74) is 7.41. The maximum absolute atomic E-state index is 6.11. The van der Waals surface area contributed by atoms with E-state index < -0.39 is 0 Å². The van der Waals surface area contributed by atoms with Crippen LogP contribution in [0.3, 0.4) is 0 Å². The number of anilines is 4. The van der Waals surface area contributed by atoms with E-state index in [2.05, 4.69) is 57.3 Å². The van der Waals surface area contributed by atoms with Crippen molar-refractivity contribution in [1.29, 1.82) is 0 Å². The molecule has 0 aliphatic heterocycles. The van der Waals surface area contributed by atoms with Crippen LogP contribution in [0.2, 0.25) is 0 Å². The lowest BCUT2D eigenvalue weighted by atomic mass is 10.1. The maximum Gasteiger partial charge on any atom is 0.159 e. The first-order chi connectivity index (χ1) is 9.35. The molecule has 1 heterocycles. The summed E-state index contributed by atoms with van der Waals surface area (Å²) < 4.78 is 0.989. The highest BCUT2D eigenvalue weighted by Crippen LogP contribution is 2.28. The summed E-state index contributed by atoms with van der Waals surface area (Å²) in [6, 6.07) is 7.81. The van der Waals surface area contributed by atoms with E-state index in [1.165, 1.54) is 6.33 Å². The van der Waals surface area contributed by atoms with Crippen molar-refractivity contribution < 1.29 is 0 Å². The summed E-state index contributed by atoms with van der Waals surface area (Å²) in [5, 5.41) is 6.45. The number of aromatic nitrogens is 2. The summed E-state index contributed by atoms with van der Waals surface area (Å²) in [7, 11) is 0. The molecule has 0 amide bonds. The second kappa shape index (κ2) is 5.66. The monoisotopic (exact) mass is 335 g/mol. The molecular formula is C14H18BrN5. The smallest absolute Gasteiger partial charge is 0.159 e. The zero-order valence-electron chi connectivity index (χ0n) is 11.7. The van der Waals surface area contributed by atoms with E-state index in [0.717, 1.165) is 10.2 Å². The summed E-state index contributed by atoms with van der Waals surface area (Å²) in [4.78, 5) is 8.38. The average molecular weight is 336 g/mol. The van der Waals surface area contributed by atoms with Crippen molar-refractivity contribution in [2.75, 3.05) is 16.4 Å². The highest BCUT2D eigenvalue weighted by molar-refractivity contribution is 9.10. The molecular weight excluding hydrogens is 318 g/mol. The molecule has 0 fully saturated rings. The van der Waals surface area contributed by atoms with Crippen molar-refractivity contribution in [2.45, 2.75) is 26.3 Å². The number of nitrogens with one attached hydrogen (secondary N) is 2. The molecule has 0 unspecified atom stereocenters. The molecule has 6 heteroatoms. The van der Waals surface area contributed by atoms with Gasteiger partial charge in [-0.3, -0.25) is 0 Å². The van der Waals surface area contributed by atoms with E-state index in [1.807, 2.05) is 24.3 Å². The van der Waals surface area contributed by atoms with Crippen molar-refractivity contribution >= 4 is 38.9 Å². The van der Waals surface area contributed by atoms with Gasteiger partial charge in [0.15, 0.2) is 11.6 Å². The highest BCUT2D eigenvalue weighted by Gasteiger charge is 2.15. The van der Waals surface area contributed by atoms with Gasteiger partial charge < -0.3 is 16.4 Å². The molecule has 0 aliphatic rings. The lowest BCUT2D eigenvalue weighted by Crippen LogP contribution is -2.27. The van der Waals surface area contributed by atoms with Crippen LogP contribution in [0.15, 0.2) is 35.1 Å². The third kappa shape index (κ3) is 3.84. The van der Waals surface area contributed by atoms with Crippen molar-refractivity contribution in [3.05, 3.63) is 35.1 Å². The van der Waals surface area contributed by atoms with Gasteiger partial charge >= 0.3 is 0 Å². The Kier molecular flexibility index (Phi) is 4.13. The molecule has 0 saturated carbocycles. The molecule has 4 N–H and O–H groups in total. The molecule has 2 aromatic rings. The Hall–Kier alpha value is -1.82. The van der Waals surface area contributed by atoms with E-state index in [9.17, 15) is 0 Å². The van der Waals surface area contributed by atoms with E-state index in [-0.39, 0.29) is 5.54 Å². The number of nitrogen functional groups attached to an aromatic ring is 1. The fourth-order valence-corrected chi connectivity index (χ4v) is 2.05. The zero-order valence-corrected chi connectivity index (χ0v) is 13.3. The summed E-state index contributed by atoms with van der Waals surface area (Å²) in [6.45, 7) is 6.15. The third-order valence-electron chi connectivity index (χ3n) is 2.46. The van der Waals surface area contributed by atoms with Crippen molar-refractivity contribution in [1.82, 2.24) is 9.97 Å². The Morgan fingerprint density at radius 1 is 1.15 bits per heavy atom. The van der Waals surface area contributed by atoms with Crippen LogP contribution in [0.5, 0.6) is 0 Å². The average Bonchev–Trinajstić information content (AvgIpc) is 2.33. The van der Waals surface area contributed by atoms with Gasteiger partial charge in [-0.15, -0.1) is 0 Å². The number of hydrogen-bond donors (Lipinski definition) is 3. The summed E-state index contributed by atoms with van der Waals surface area (Å²) in [6.07, 6.45) is 1.49. The van der Waals surface area contributed by atoms with Crippen LogP contribution in [0.4, 0.5) is 23.0 Å². The molecule has 0 saturated heterocycles. The molecule has 0 atom stereocenters. The number of rotatable bonds is 3. The van der Waals surface area contributed by atoms with Crippen molar-refractivity contribution in [3.63, 3.8) is 0 Å². The molecule has 0 radical (unpaired) electrons. The second-order valence-corrected chi connectivity index (χ2v) is 6.41. The van der Waals surface area contributed by atoms with Crippen LogP contribution >= 0.6 is 15.9 Å². The van der Waals surface area contributed by atoms with E-state index in [4.69, 9.17) is 5.73 Å². The van der Waals surface area contributed by atoms with E-state index in [1.54, 1.807) is 0 Å². The molecule has 0 spiro atoms. The first-order valence-electron chi connectivity index (χ1n) is 6.26. The first-order valence-corrected chi connectivity index (χ1v) is 7.06. The Labute approximate surface area is 127 Å². The normalized spacial score (nSPS) is 11.2. The van der Waals surface area contributed by atoms with Crippen molar-refractivity contribution in [3.8, 4) is 0 Å². The largest absolute Gasteiger partial charge is 0.393 e. The first kappa shape index (κ1) is 14.6. The zero-order chi connectivity index (χ0) is 14.8. The van der Waals surface area contributed by atoms with Gasteiger partial charge in [0.1, 0.15) is 12.0 Å². The standard InChI is InChI=1S/C14H18BrN5/c1-14(2,3)20-13-11(16)12(17-8-18-13)19-10-6-4-5-9(15)7-10/h4-8H,16H2,1-3H3,(H2,17,18,19,20). The Morgan fingerprint density at radius 3 is 2.50 bits per heavy atom. The number of halogens is 1. The van der Waals surface area contributed by atoms with Gasteiger partial charge in [-0.05, 0) is 39.0 Å². The van der Waals surface area contributed by atoms with E-state index in [0.29, 0.717) is 17.3 Å². The molecule has 20 heavy (non-hydrogen) atoms. The molecule has 0 bridgehead atoms. The molecule has 1 aromatic carbocycles. The number of hydrogen-bond acceptors (Lipinski definition) is 5. The van der Waals surface area contributed by atoms with Gasteiger partial charge in [-0.1, -0.05) is 22.0 Å². The highest BCUT2D eigenvalue weighted by atomic mass is 79.9. The maximum atomic E-state index is 6.11. The van der Waals surface area contributed by atoms with Gasteiger partial charge in [0.2, 0.25) is 0 Å². The molecule has 5 nitrogen and oxygen atoms in total. The SMILES string of the molecule is CC(C)(C)Nc1ncnc(Nc2cccc(Br)c2)c1N. The topological polar surface area (TPSA) is 75.9 Å². The van der Waals surface area contributed by atoms with Crippen molar-refractivity contribution in [2.24, 2.45) is 0 Å². The Balaban J connectivity index is 2.27. The minimum atomic E-state index is -0.116. The lowest BCUT2D eigenvalue weighted by Gasteiger charge is -2.22. The lowest BCUT2D eigenvalue weighted by molar-refractivity contribution is 0.630. The minimum absolute atomic E-state index is 0.116. The van der Waals surface area contributed by atoms with Crippen LogP contribution < -0.4 is 16.4 Å². The van der Waals surface area contributed by atoms with Gasteiger partial charge in [-0.25, -0.2) is 9.97 Å². The van der Waals surface area contributed by atoms with Crippen LogP contribution in [-0.2, 0) is 0 Å². The van der Waals surface area contributed by atoms with Gasteiger partial charge in [0.25, 0.3) is 0 Å². The second-order valence-electron chi connectivity index (χ2n) is 5.49. The molecule has 1 aromatic heterocycles. The van der Waals surface area contributed by atoms with Gasteiger partial charge in [0, 0.05) is 15.7 Å². The predicted octanol–water partition coefficient (Wildman–Crippen LogP) is 3.78. The number of nitrogens with zero attached hydrogens (tertiary/aromatic N) is 2. The predicted molar refractivity (Wildman–Crippen MR) is 87.2 cm³/mol. The Bertz CT molecular complexity index is 607. The fraction of sp³-hybridized carbons (Fsp3) is 0.286. The van der Waals surface area contributed by atoms with Gasteiger partial charge in [0.05, 0.1) is 0 Å². The molecule has 106 valence electrons. The van der Waals surface area contributed by atoms with Crippen LogP contribution in [0.1, 0.15) is 20.8 Å². The van der Waals surface area contributed by atoms with Crippen LogP contribution in [0, 0.1) is 0 Å².